The predicted octanol–water partition coefficient (Wildman–Crippen LogP) is 4.32. The molecule has 4 rings (SSSR count). The molecule has 1 aliphatic carbocycles. The molecule has 25 heavy (non-hydrogen) atoms. The van der Waals surface area contributed by atoms with Crippen molar-refractivity contribution in [1.29, 1.82) is 0 Å². The van der Waals surface area contributed by atoms with Gasteiger partial charge in [0.2, 0.25) is 0 Å². The highest BCUT2D eigenvalue weighted by molar-refractivity contribution is 7.20. The number of thiazole rings is 1. The highest BCUT2D eigenvalue weighted by Gasteiger charge is 2.27. The summed E-state index contributed by atoms with van der Waals surface area (Å²) < 4.78 is 0. The van der Waals surface area contributed by atoms with Gasteiger partial charge in [-0.2, -0.15) is 0 Å². The maximum absolute atomic E-state index is 12.6. The van der Waals surface area contributed by atoms with Gasteiger partial charge in [0.05, 0.1) is 4.88 Å². The molecule has 1 saturated carbocycles. The van der Waals surface area contributed by atoms with E-state index in [1.54, 1.807) is 22.7 Å². The summed E-state index contributed by atoms with van der Waals surface area (Å²) in [5.74, 6) is 1.00. The first-order chi connectivity index (χ1) is 11.3. The largest absolute Gasteiger partial charge is 0.337 e. The molecule has 0 unspecified atom stereocenters. The Morgan fingerprint density at radius 1 is 1.20 bits per heavy atom. The molecule has 0 radical (unpaired) electrons. The summed E-state index contributed by atoms with van der Waals surface area (Å²) in [6.07, 6.45) is 4.89. The number of carbonyl (C=O) groups is 1. The first-order valence-corrected chi connectivity index (χ1v) is 10.1. The number of nitrogens with zero attached hydrogens (tertiary/aromatic N) is 2. The Morgan fingerprint density at radius 2 is 1.96 bits per heavy atom. The van der Waals surface area contributed by atoms with E-state index in [9.17, 15) is 4.79 Å². The van der Waals surface area contributed by atoms with Crippen molar-refractivity contribution in [3.8, 4) is 9.88 Å². The molecule has 3 heterocycles. The molecule has 4 nitrogen and oxygen atoms in total. The lowest BCUT2D eigenvalue weighted by Crippen LogP contribution is -2.45. The highest BCUT2D eigenvalue weighted by Crippen LogP contribution is 2.29. The van der Waals surface area contributed by atoms with Crippen molar-refractivity contribution >= 4 is 53.4 Å². The molecular formula is C17H23Cl2N3OS2. The Hall–Kier alpha value is -0.660. The summed E-state index contributed by atoms with van der Waals surface area (Å²) in [6, 6.07) is 4.65. The van der Waals surface area contributed by atoms with E-state index in [2.05, 4.69) is 16.4 Å². The molecule has 138 valence electrons. The average molecular weight is 420 g/mol. The van der Waals surface area contributed by atoms with Gasteiger partial charge in [0, 0.05) is 24.5 Å². The minimum atomic E-state index is 0. The number of thiophene rings is 1. The van der Waals surface area contributed by atoms with E-state index in [1.165, 1.54) is 12.8 Å². The zero-order chi connectivity index (χ0) is 15.6. The molecule has 8 heteroatoms. The number of aromatic nitrogens is 1. The van der Waals surface area contributed by atoms with Crippen LogP contribution in [0.2, 0.25) is 0 Å². The molecule has 2 aromatic heterocycles. The van der Waals surface area contributed by atoms with Crippen LogP contribution in [-0.2, 0) is 0 Å². The smallest absolute Gasteiger partial charge is 0.273 e. The molecule has 0 aromatic carbocycles. The molecule has 1 aliphatic heterocycles. The van der Waals surface area contributed by atoms with E-state index >= 15 is 0 Å². The Labute approximate surface area is 168 Å². The van der Waals surface area contributed by atoms with Crippen molar-refractivity contribution in [1.82, 2.24) is 15.2 Å². The molecule has 1 saturated heterocycles. The van der Waals surface area contributed by atoms with Gasteiger partial charge in [0.1, 0.15) is 10.7 Å². The van der Waals surface area contributed by atoms with Crippen molar-refractivity contribution in [2.75, 3.05) is 19.6 Å². The number of hydrogen-bond donors (Lipinski definition) is 1. The number of halogens is 2. The van der Waals surface area contributed by atoms with Crippen molar-refractivity contribution in [2.24, 2.45) is 5.92 Å². The van der Waals surface area contributed by atoms with Gasteiger partial charge in [-0.05, 0) is 49.6 Å². The second-order valence-corrected chi connectivity index (χ2v) is 8.24. The third-order valence-electron chi connectivity index (χ3n) is 4.63. The van der Waals surface area contributed by atoms with E-state index < -0.39 is 0 Å². The third kappa shape index (κ3) is 5.17. The summed E-state index contributed by atoms with van der Waals surface area (Å²) in [6.45, 7) is 2.84. The lowest BCUT2D eigenvalue weighted by Gasteiger charge is -2.32. The summed E-state index contributed by atoms with van der Waals surface area (Å²) >= 11 is 3.22. The van der Waals surface area contributed by atoms with E-state index in [4.69, 9.17) is 0 Å². The normalized spacial score (nSPS) is 17.7. The standard InChI is InChI=1S/C17H21N3OS2.2ClH/c21-17(14-11-23-16(19-14)15-2-1-9-22-15)20-7-5-13(6-8-20)18-10-12-3-4-12;;/h1-2,9,11-13,18H,3-8,10H2;2*1H. The second-order valence-electron chi connectivity index (χ2n) is 6.43. The van der Waals surface area contributed by atoms with Crippen LogP contribution in [0.4, 0.5) is 0 Å². The second kappa shape index (κ2) is 9.33. The number of nitrogens with one attached hydrogen (secondary N) is 1. The first kappa shape index (κ1) is 20.6. The first-order valence-electron chi connectivity index (χ1n) is 8.31. The minimum Gasteiger partial charge on any atom is -0.337 e. The summed E-state index contributed by atoms with van der Waals surface area (Å²) in [7, 11) is 0. The SMILES string of the molecule is Cl.Cl.O=C(c1csc(-c2cccs2)n1)N1CCC(NCC2CC2)CC1. The van der Waals surface area contributed by atoms with E-state index in [-0.39, 0.29) is 30.7 Å². The molecule has 1 N–H and O–H groups in total. The van der Waals surface area contributed by atoms with Crippen LogP contribution in [0, 0.1) is 5.92 Å². The monoisotopic (exact) mass is 419 g/mol. The highest BCUT2D eigenvalue weighted by atomic mass is 35.5. The molecule has 0 bridgehead atoms. The maximum atomic E-state index is 12.6. The molecule has 1 amide bonds. The van der Waals surface area contributed by atoms with E-state index in [0.29, 0.717) is 11.7 Å². The fourth-order valence-corrected chi connectivity index (χ4v) is 4.60. The lowest BCUT2D eigenvalue weighted by atomic mass is 10.0. The van der Waals surface area contributed by atoms with Gasteiger partial charge in [0.15, 0.2) is 0 Å². The molecular weight excluding hydrogens is 397 g/mol. The number of piperidine rings is 1. The zero-order valence-electron chi connectivity index (χ0n) is 13.8. The molecule has 2 aliphatic rings. The van der Waals surface area contributed by atoms with Gasteiger partial charge in [0.25, 0.3) is 5.91 Å². The van der Waals surface area contributed by atoms with Crippen LogP contribution in [0.5, 0.6) is 0 Å². The van der Waals surface area contributed by atoms with Crippen LogP contribution in [0.3, 0.4) is 0 Å². The van der Waals surface area contributed by atoms with Crippen LogP contribution in [0.1, 0.15) is 36.2 Å². The van der Waals surface area contributed by atoms with Gasteiger partial charge in [-0.3, -0.25) is 4.79 Å². The van der Waals surface area contributed by atoms with Crippen molar-refractivity contribution < 1.29 is 4.79 Å². The van der Waals surface area contributed by atoms with Crippen LogP contribution < -0.4 is 5.32 Å². The molecule has 2 aromatic rings. The predicted molar refractivity (Wildman–Crippen MR) is 110 cm³/mol. The van der Waals surface area contributed by atoms with Crippen molar-refractivity contribution in [3.05, 3.63) is 28.6 Å². The van der Waals surface area contributed by atoms with E-state index in [0.717, 1.165) is 48.3 Å². The lowest BCUT2D eigenvalue weighted by molar-refractivity contribution is 0.0700. The van der Waals surface area contributed by atoms with Crippen molar-refractivity contribution in [3.63, 3.8) is 0 Å². The summed E-state index contributed by atoms with van der Waals surface area (Å²) in [5, 5.41) is 8.54. The number of hydrogen-bond acceptors (Lipinski definition) is 5. The van der Waals surface area contributed by atoms with E-state index in [1.807, 2.05) is 21.7 Å². The van der Waals surface area contributed by atoms with Gasteiger partial charge in [-0.25, -0.2) is 4.98 Å². The van der Waals surface area contributed by atoms with Gasteiger partial charge < -0.3 is 10.2 Å². The molecule has 0 atom stereocenters. The number of rotatable bonds is 5. The van der Waals surface area contributed by atoms with Gasteiger partial charge in [-0.15, -0.1) is 47.5 Å². The Kier molecular flexibility index (Phi) is 7.70. The summed E-state index contributed by atoms with van der Waals surface area (Å²) in [4.78, 5) is 20.3. The van der Waals surface area contributed by atoms with Gasteiger partial charge in [-0.1, -0.05) is 6.07 Å². The third-order valence-corrected chi connectivity index (χ3v) is 6.51. The Bertz CT molecular complexity index is 665. The Morgan fingerprint density at radius 3 is 2.60 bits per heavy atom. The number of amides is 1. The topological polar surface area (TPSA) is 45.2 Å². The average Bonchev–Trinajstić information content (AvgIpc) is 3.04. The number of carbonyl (C=O) groups excluding carboxylic acids is 1. The molecule has 2 fully saturated rings. The minimum absolute atomic E-state index is 0. The fourth-order valence-electron chi connectivity index (χ4n) is 2.99. The Balaban J connectivity index is 0.00000113. The zero-order valence-corrected chi connectivity index (χ0v) is 17.1. The fraction of sp³-hybridized carbons (Fsp3) is 0.529. The van der Waals surface area contributed by atoms with Crippen LogP contribution >= 0.6 is 47.5 Å². The van der Waals surface area contributed by atoms with Crippen LogP contribution in [-0.4, -0.2) is 41.5 Å². The quantitative estimate of drug-likeness (QED) is 0.784. The maximum Gasteiger partial charge on any atom is 0.273 e. The summed E-state index contributed by atoms with van der Waals surface area (Å²) in [5.41, 5.74) is 0.600. The van der Waals surface area contributed by atoms with Crippen LogP contribution in [0.25, 0.3) is 9.88 Å². The number of likely N-dealkylation sites (tertiary alicyclic amines) is 1. The van der Waals surface area contributed by atoms with Crippen molar-refractivity contribution in [2.45, 2.75) is 31.7 Å². The molecule has 0 spiro atoms. The van der Waals surface area contributed by atoms with Crippen LogP contribution in [0.15, 0.2) is 22.9 Å². The van der Waals surface area contributed by atoms with Gasteiger partial charge >= 0.3 is 0 Å².